The van der Waals surface area contributed by atoms with Crippen molar-refractivity contribution < 1.29 is 14.3 Å². The number of nitrogens with one attached hydrogen (secondary N) is 1. The zero-order valence-corrected chi connectivity index (χ0v) is 18.9. The summed E-state index contributed by atoms with van der Waals surface area (Å²) in [5, 5.41) is 16.4. The molecule has 2 aromatic carbocycles. The molecule has 0 saturated heterocycles. The van der Waals surface area contributed by atoms with Crippen LogP contribution in [-0.2, 0) is 4.79 Å². The highest BCUT2D eigenvalue weighted by Crippen LogP contribution is 2.46. The zero-order valence-electron chi connectivity index (χ0n) is 18.1. The normalized spacial score (nSPS) is 14.9. The maximum absolute atomic E-state index is 14.4. The van der Waals surface area contributed by atoms with Crippen LogP contribution in [0.1, 0.15) is 41.6 Å². The number of carboxylic acids is 1. The minimum absolute atomic E-state index is 0.311. The second-order valence-corrected chi connectivity index (χ2v) is 8.72. The van der Waals surface area contributed by atoms with E-state index in [4.69, 9.17) is 16.7 Å². The molecule has 0 atom stereocenters. The summed E-state index contributed by atoms with van der Waals surface area (Å²) in [6, 6.07) is 17.0. The quantitative estimate of drug-likeness (QED) is 0.244. The number of carbonyl (C=O) groups is 1. The first-order valence-corrected chi connectivity index (χ1v) is 11.4. The monoisotopic (exact) mass is 473 g/mol. The summed E-state index contributed by atoms with van der Waals surface area (Å²) >= 11 is 6.67. The first kappa shape index (κ1) is 22.0. The van der Waals surface area contributed by atoms with Gasteiger partial charge in [-0.1, -0.05) is 48.4 Å². The Kier molecular flexibility index (Phi) is 5.99. The van der Waals surface area contributed by atoms with Gasteiger partial charge in [-0.2, -0.15) is 9.49 Å². The predicted molar refractivity (Wildman–Crippen MR) is 132 cm³/mol. The molecule has 5 nitrogen and oxygen atoms in total. The number of aromatic nitrogens is 3. The molecular formula is C27H21ClFN3O2. The molecule has 0 amide bonds. The van der Waals surface area contributed by atoms with Crippen LogP contribution >= 0.6 is 11.6 Å². The van der Waals surface area contributed by atoms with Crippen LogP contribution in [0.5, 0.6) is 0 Å². The Hall–Kier alpha value is -3.77. The lowest BCUT2D eigenvalue weighted by Crippen LogP contribution is -2.15. The fourth-order valence-corrected chi connectivity index (χ4v) is 4.59. The van der Waals surface area contributed by atoms with Crippen LogP contribution in [0, 0.1) is 11.9 Å². The summed E-state index contributed by atoms with van der Waals surface area (Å²) in [6.07, 6.45) is 7.44. The zero-order chi connectivity index (χ0) is 23.7. The molecule has 1 saturated carbocycles. The molecule has 2 heterocycles. The maximum Gasteiger partial charge on any atom is 0.328 e. The number of H-pyrrole nitrogens is 1. The molecule has 1 aliphatic carbocycles. The van der Waals surface area contributed by atoms with Crippen molar-refractivity contribution in [2.45, 2.75) is 19.3 Å². The van der Waals surface area contributed by atoms with E-state index in [1.807, 2.05) is 36.4 Å². The molecule has 4 aromatic rings. The van der Waals surface area contributed by atoms with Gasteiger partial charge >= 0.3 is 5.97 Å². The van der Waals surface area contributed by atoms with Crippen molar-refractivity contribution in [1.29, 1.82) is 0 Å². The van der Waals surface area contributed by atoms with Crippen molar-refractivity contribution in [3.63, 3.8) is 0 Å². The second-order valence-electron chi connectivity index (χ2n) is 8.31. The van der Waals surface area contributed by atoms with Gasteiger partial charge in [0, 0.05) is 22.9 Å². The van der Waals surface area contributed by atoms with Crippen LogP contribution < -0.4 is 0 Å². The van der Waals surface area contributed by atoms with E-state index in [0.717, 1.165) is 53.2 Å². The van der Waals surface area contributed by atoms with Gasteiger partial charge in [0.1, 0.15) is 0 Å². The van der Waals surface area contributed by atoms with E-state index in [1.165, 1.54) is 6.08 Å². The Morgan fingerprint density at radius 2 is 1.91 bits per heavy atom. The lowest BCUT2D eigenvalue weighted by molar-refractivity contribution is -0.131. The third-order valence-corrected chi connectivity index (χ3v) is 6.54. The lowest BCUT2D eigenvalue weighted by atomic mass is 9.73. The summed E-state index contributed by atoms with van der Waals surface area (Å²) in [6.45, 7) is 0. The number of rotatable bonds is 6. The largest absolute Gasteiger partial charge is 0.478 e. The Morgan fingerprint density at radius 1 is 1.12 bits per heavy atom. The standard InChI is InChI=1S/C27H21ClFN3O2/c28-22-7-2-1-6-20(22)26(16-4-3-5-16)25(17-9-12-23-21(14-17)27(29)32-31-23)18-8-10-19(30-15-18)11-13-24(33)34/h1-2,6-16H,3-5H2,(H,31,32)(H,33,34). The van der Waals surface area contributed by atoms with Gasteiger partial charge in [0.05, 0.1) is 16.6 Å². The summed E-state index contributed by atoms with van der Waals surface area (Å²) < 4.78 is 14.4. The molecule has 1 fully saturated rings. The predicted octanol–water partition coefficient (Wildman–Crippen LogP) is 6.61. The Bertz CT molecular complexity index is 1440. The van der Waals surface area contributed by atoms with E-state index >= 15 is 0 Å². The van der Waals surface area contributed by atoms with Crippen LogP contribution in [-0.4, -0.2) is 26.3 Å². The van der Waals surface area contributed by atoms with Crippen molar-refractivity contribution in [2.75, 3.05) is 0 Å². The molecule has 0 radical (unpaired) electrons. The number of hydrogen-bond donors (Lipinski definition) is 2. The smallest absolute Gasteiger partial charge is 0.328 e. The van der Waals surface area contributed by atoms with Gasteiger partial charge in [0.25, 0.3) is 0 Å². The van der Waals surface area contributed by atoms with Crippen molar-refractivity contribution in [3.05, 3.63) is 100 Å². The molecule has 34 heavy (non-hydrogen) atoms. The van der Waals surface area contributed by atoms with Gasteiger partial charge in [-0.05, 0) is 71.4 Å². The number of aromatic amines is 1. The van der Waals surface area contributed by atoms with Gasteiger partial charge in [-0.3, -0.25) is 10.1 Å². The number of aliphatic carboxylic acids is 1. The number of carboxylic acid groups (broad SMARTS) is 1. The van der Waals surface area contributed by atoms with Gasteiger partial charge in [-0.15, -0.1) is 0 Å². The minimum Gasteiger partial charge on any atom is -0.478 e. The third-order valence-electron chi connectivity index (χ3n) is 6.21. The molecule has 0 unspecified atom stereocenters. The number of allylic oxidation sites excluding steroid dienone is 1. The number of halogens is 2. The molecule has 0 spiro atoms. The van der Waals surface area contributed by atoms with Crippen LogP contribution in [0.3, 0.4) is 0 Å². The molecule has 1 aliphatic rings. The third kappa shape index (κ3) is 4.24. The fraction of sp³-hybridized carbons (Fsp3) is 0.148. The van der Waals surface area contributed by atoms with Crippen LogP contribution in [0.15, 0.2) is 66.9 Å². The van der Waals surface area contributed by atoms with Crippen molar-refractivity contribution >= 4 is 45.7 Å². The highest BCUT2D eigenvalue weighted by Gasteiger charge is 2.28. The number of benzene rings is 2. The molecule has 7 heteroatoms. The van der Waals surface area contributed by atoms with Crippen molar-refractivity contribution in [2.24, 2.45) is 5.92 Å². The van der Waals surface area contributed by atoms with E-state index < -0.39 is 11.9 Å². The maximum atomic E-state index is 14.4. The number of fused-ring (bicyclic) bond motifs is 1. The summed E-state index contributed by atoms with van der Waals surface area (Å²) in [7, 11) is 0. The van der Waals surface area contributed by atoms with E-state index in [-0.39, 0.29) is 0 Å². The molecular weight excluding hydrogens is 453 g/mol. The van der Waals surface area contributed by atoms with E-state index in [9.17, 15) is 9.18 Å². The average Bonchev–Trinajstić information content (AvgIpc) is 3.17. The first-order valence-electron chi connectivity index (χ1n) is 11.0. The van der Waals surface area contributed by atoms with E-state index in [2.05, 4.69) is 15.2 Å². The van der Waals surface area contributed by atoms with Gasteiger partial charge in [-0.25, -0.2) is 4.79 Å². The van der Waals surface area contributed by atoms with Gasteiger partial charge in [0.2, 0.25) is 5.95 Å². The Labute approximate surface area is 200 Å². The van der Waals surface area contributed by atoms with Gasteiger partial charge in [0.15, 0.2) is 0 Å². The van der Waals surface area contributed by atoms with Crippen LogP contribution in [0.4, 0.5) is 4.39 Å². The topological polar surface area (TPSA) is 78.9 Å². The summed E-state index contributed by atoms with van der Waals surface area (Å²) in [5.74, 6) is -1.20. The number of nitrogens with zero attached hydrogens (tertiary/aromatic N) is 2. The summed E-state index contributed by atoms with van der Waals surface area (Å²) in [5.41, 5.74) is 5.76. The summed E-state index contributed by atoms with van der Waals surface area (Å²) in [4.78, 5) is 15.3. The highest BCUT2D eigenvalue weighted by atomic mass is 35.5. The molecule has 170 valence electrons. The molecule has 5 rings (SSSR count). The Balaban J connectivity index is 1.76. The van der Waals surface area contributed by atoms with Crippen LogP contribution in [0.25, 0.3) is 28.1 Å². The van der Waals surface area contributed by atoms with Gasteiger partial charge < -0.3 is 5.11 Å². The van der Waals surface area contributed by atoms with E-state index in [0.29, 0.717) is 27.5 Å². The lowest BCUT2D eigenvalue weighted by Gasteiger charge is -2.32. The Morgan fingerprint density at radius 3 is 2.59 bits per heavy atom. The average molecular weight is 474 g/mol. The first-order chi connectivity index (χ1) is 16.5. The number of pyridine rings is 1. The number of hydrogen-bond acceptors (Lipinski definition) is 3. The fourth-order valence-electron chi connectivity index (χ4n) is 4.36. The second kappa shape index (κ2) is 9.23. The molecule has 2 N–H and O–H groups in total. The molecule has 2 aromatic heterocycles. The molecule has 0 bridgehead atoms. The van der Waals surface area contributed by atoms with Crippen molar-refractivity contribution in [1.82, 2.24) is 15.2 Å². The SMILES string of the molecule is O=C(O)C=Cc1ccc(C(=C(c2ccccc2Cl)C2CCC2)c2ccc3n[nH]c(F)c3c2)cn1. The minimum atomic E-state index is -1.03. The molecule has 0 aliphatic heterocycles. The van der Waals surface area contributed by atoms with Crippen LogP contribution in [0.2, 0.25) is 5.02 Å². The van der Waals surface area contributed by atoms with Crippen molar-refractivity contribution in [3.8, 4) is 0 Å². The highest BCUT2D eigenvalue weighted by molar-refractivity contribution is 6.32. The van der Waals surface area contributed by atoms with E-state index in [1.54, 1.807) is 24.4 Å².